The topological polar surface area (TPSA) is 35.5 Å². The summed E-state index contributed by atoms with van der Waals surface area (Å²) in [5, 5.41) is 0. The molecule has 0 bridgehead atoms. The highest BCUT2D eigenvalue weighted by molar-refractivity contribution is 6.84. The monoisotopic (exact) mass is 262 g/mol. The zero-order valence-corrected chi connectivity index (χ0v) is 12.5. The van der Waals surface area contributed by atoms with Crippen LogP contribution in [0.5, 0.6) is 11.5 Å². The van der Waals surface area contributed by atoms with Gasteiger partial charge in [0.25, 0.3) is 0 Å². The van der Waals surface area contributed by atoms with Crippen molar-refractivity contribution in [3.63, 3.8) is 0 Å². The fourth-order valence-corrected chi connectivity index (χ4v) is 1.74. The number of carbonyl (C=O) groups is 1. The van der Waals surface area contributed by atoms with E-state index in [1.807, 2.05) is 0 Å². The zero-order chi connectivity index (χ0) is 13.8. The lowest BCUT2D eigenvalue weighted by Crippen LogP contribution is -2.17. The molecule has 1 aromatic carbocycles. The van der Waals surface area contributed by atoms with Crippen molar-refractivity contribution in [2.75, 3.05) is 14.2 Å². The van der Waals surface area contributed by atoms with Gasteiger partial charge in [-0.05, 0) is 18.1 Å². The van der Waals surface area contributed by atoms with Gasteiger partial charge in [0.2, 0.25) is 5.78 Å². The van der Waals surface area contributed by atoms with Crippen molar-refractivity contribution in [3.05, 3.63) is 23.8 Å². The molecule has 0 fully saturated rings. The molecule has 0 unspecified atom stereocenters. The summed E-state index contributed by atoms with van der Waals surface area (Å²) in [7, 11) is 1.56. The normalized spacial score (nSPS) is 10.3. The second-order valence-corrected chi connectivity index (χ2v) is 9.68. The van der Waals surface area contributed by atoms with Crippen LogP contribution in [-0.2, 0) is 0 Å². The highest BCUT2D eigenvalue weighted by Crippen LogP contribution is 2.22. The first-order valence-electron chi connectivity index (χ1n) is 5.66. The van der Waals surface area contributed by atoms with Crippen LogP contribution in [0.2, 0.25) is 19.6 Å². The minimum absolute atomic E-state index is 0.199. The van der Waals surface area contributed by atoms with Crippen LogP contribution in [0.15, 0.2) is 18.2 Å². The predicted octanol–water partition coefficient (Wildman–Crippen LogP) is 2.77. The van der Waals surface area contributed by atoms with E-state index in [1.165, 1.54) is 0 Å². The highest BCUT2D eigenvalue weighted by Gasteiger charge is 2.11. The maximum atomic E-state index is 12.0. The van der Waals surface area contributed by atoms with Gasteiger partial charge in [-0.3, -0.25) is 4.79 Å². The Labute approximate surface area is 109 Å². The Bertz CT molecular complexity index is 482. The van der Waals surface area contributed by atoms with E-state index in [4.69, 9.17) is 9.47 Å². The van der Waals surface area contributed by atoms with Crippen molar-refractivity contribution >= 4 is 13.9 Å². The van der Waals surface area contributed by atoms with Crippen molar-refractivity contribution in [1.82, 2.24) is 0 Å². The number of hydrogen-bond acceptors (Lipinski definition) is 3. The second-order valence-electron chi connectivity index (χ2n) is 4.93. The number of methoxy groups -OCH3 is 2. The molecule has 3 nitrogen and oxygen atoms in total. The molecule has 0 heterocycles. The van der Waals surface area contributed by atoms with Crippen LogP contribution in [0, 0.1) is 11.5 Å². The Morgan fingerprint density at radius 1 is 1.06 bits per heavy atom. The first-order valence-corrected chi connectivity index (χ1v) is 9.16. The number of rotatable bonds is 3. The molecular formula is C14H18O3Si. The van der Waals surface area contributed by atoms with Gasteiger partial charge in [-0.25, -0.2) is 0 Å². The SMILES string of the molecule is COc1cc(OC)cc(C(=O)C#C[Si](C)(C)C)c1. The molecule has 96 valence electrons. The van der Waals surface area contributed by atoms with E-state index in [-0.39, 0.29) is 5.78 Å². The number of carbonyl (C=O) groups excluding carboxylic acids is 1. The smallest absolute Gasteiger partial charge is 0.235 e. The number of hydrogen-bond donors (Lipinski definition) is 0. The molecule has 0 aliphatic carbocycles. The maximum absolute atomic E-state index is 12.0. The van der Waals surface area contributed by atoms with Crippen LogP contribution < -0.4 is 9.47 Å². The summed E-state index contributed by atoms with van der Waals surface area (Å²) in [5.41, 5.74) is 3.55. The van der Waals surface area contributed by atoms with Crippen LogP contribution in [0.3, 0.4) is 0 Å². The van der Waals surface area contributed by atoms with Gasteiger partial charge >= 0.3 is 0 Å². The van der Waals surface area contributed by atoms with E-state index in [0.717, 1.165) is 0 Å². The first-order chi connectivity index (χ1) is 8.35. The lowest BCUT2D eigenvalue weighted by molar-refractivity contribution is 0.105. The van der Waals surface area contributed by atoms with Gasteiger partial charge in [0, 0.05) is 11.6 Å². The second kappa shape index (κ2) is 5.74. The summed E-state index contributed by atoms with van der Waals surface area (Å²) in [6.45, 7) is 6.29. The summed E-state index contributed by atoms with van der Waals surface area (Å²) in [4.78, 5) is 12.0. The molecule has 0 saturated heterocycles. The van der Waals surface area contributed by atoms with Crippen molar-refractivity contribution in [3.8, 4) is 23.0 Å². The third-order valence-electron chi connectivity index (χ3n) is 2.16. The van der Waals surface area contributed by atoms with Crippen LogP contribution in [-0.4, -0.2) is 28.1 Å². The lowest BCUT2D eigenvalue weighted by Gasteiger charge is -2.06. The van der Waals surface area contributed by atoms with Crippen LogP contribution >= 0.6 is 0 Å². The molecule has 1 aromatic rings. The summed E-state index contributed by atoms with van der Waals surface area (Å²) in [6.07, 6.45) is 0. The van der Waals surface area contributed by atoms with E-state index in [9.17, 15) is 4.79 Å². The molecule has 0 aromatic heterocycles. The van der Waals surface area contributed by atoms with Crippen molar-refractivity contribution in [2.24, 2.45) is 0 Å². The van der Waals surface area contributed by atoms with E-state index >= 15 is 0 Å². The fourth-order valence-electron chi connectivity index (χ4n) is 1.25. The Balaban J connectivity index is 3.08. The van der Waals surface area contributed by atoms with Crippen LogP contribution in [0.25, 0.3) is 0 Å². The lowest BCUT2D eigenvalue weighted by atomic mass is 10.1. The summed E-state index contributed by atoms with van der Waals surface area (Å²) in [6, 6.07) is 5.07. The highest BCUT2D eigenvalue weighted by atomic mass is 28.3. The minimum atomic E-state index is -1.54. The van der Waals surface area contributed by atoms with Gasteiger partial charge in [-0.2, -0.15) is 0 Å². The average Bonchev–Trinajstić information content (AvgIpc) is 2.34. The van der Waals surface area contributed by atoms with Crippen molar-refractivity contribution < 1.29 is 14.3 Å². The average molecular weight is 262 g/mol. The van der Waals surface area contributed by atoms with Gasteiger partial charge < -0.3 is 9.47 Å². The number of benzene rings is 1. The van der Waals surface area contributed by atoms with Crippen molar-refractivity contribution in [2.45, 2.75) is 19.6 Å². The largest absolute Gasteiger partial charge is 0.497 e. The van der Waals surface area contributed by atoms with E-state index < -0.39 is 8.07 Å². The molecule has 0 atom stereocenters. The molecule has 0 aliphatic heterocycles. The van der Waals surface area contributed by atoms with E-state index in [2.05, 4.69) is 31.1 Å². The van der Waals surface area contributed by atoms with Gasteiger partial charge in [-0.1, -0.05) is 19.6 Å². The third kappa shape index (κ3) is 4.26. The Morgan fingerprint density at radius 3 is 1.94 bits per heavy atom. The Hall–Kier alpha value is -1.73. The molecule has 0 amide bonds. The van der Waals surface area contributed by atoms with E-state index in [1.54, 1.807) is 32.4 Å². The molecule has 18 heavy (non-hydrogen) atoms. The summed E-state index contributed by atoms with van der Waals surface area (Å²) >= 11 is 0. The standard InChI is InChI=1S/C14H18O3Si/c1-16-12-8-11(9-13(10-12)17-2)14(15)6-7-18(3,4)5/h8-10H,1-5H3. The zero-order valence-electron chi connectivity index (χ0n) is 11.5. The molecule has 0 aliphatic rings. The van der Waals surface area contributed by atoms with Gasteiger partial charge in [-0.15, -0.1) is 5.54 Å². The van der Waals surface area contributed by atoms with Crippen molar-refractivity contribution in [1.29, 1.82) is 0 Å². The van der Waals surface area contributed by atoms with Gasteiger partial charge in [0.05, 0.1) is 14.2 Å². The summed E-state index contributed by atoms with van der Waals surface area (Å²) in [5.74, 6) is 3.68. The van der Waals surface area contributed by atoms with Gasteiger partial charge in [0.15, 0.2) is 0 Å². The number of ether oxygens (including phenoxy) is 2. The third-order valence-corrected chi connectivity index (χ3v) is 3.04. The molecule has 0 saturated carbocycles. The molecule has 0 N–H and O–H groups in total. The first kappa shape index (κ1) is 14.3. The molecule has 0 spiro atoms. The van der Waals surface area contributed by atoms with Crippen LogP contribution in [0.1, 0.15) is 10.4 Å². The fraction of sp³-hybridized carbons (Fsp3) is 0.357. The Kier molecular flexibility index (Phi) is 4.57. The minimum Gasteiger partial charge on any atom is -0.497 e. The predicted molar refractivity (Wildman–Crippen MR) is 75.0 cm³/mol. The molecule has 4 heteroatoms. The van der Waals surface area contributed by atoms with E-state index in [0.29, 0.717) is 17.1 Å². The Morgan fingerprint density at radius 2 is 1.56 bits per heavy atom. The number of Topliss-reactive ketones (excluding diaryl/α,β-unsaturated/α-hetero) is 1. The molecule has 0 radical (unpaired) electrons. The quantitative estimate of drug-likeness (QED) is 0.477. The van der Waals surface area contributed by atoms with Crippen LogP contribution in [0.4, 0.5) is 0 Å². The number of ketones is 1. The molecule has 1 rings (SSSR count). The van der Waals surface area contributed by atoms with Gasteiger partial charge in [0.1, 0.15) is 19.6 Å². The molecular weight excluding hydrogens is 244 g/mol. The maximum Gasteiger partial charge on any atom is 0.235 e. The summed E-state index contributed by atoms with van der Waals surface area (Å²) < 4.78 is 10.2.